The number of nitrogens with zero attached hydrogens (tertiary/aromatic N) is 2. The molecule has 0 radical (unpaired) electrons. The van der Waals surface area contributed by atoms with E-state index in [2.05, 4.69) is 10.8 Å². The molecule has 0 bridgehead atoms. The number of aliphatic hydroxyl groups excluding tert-OH is 1. The van der Waals surface area contributed by atoms with E-state index in [1.165, 1.54) is 18.2 Å². The van der Waals surface area contributed by atoms with Crippen molar-refractivity contribution in [3.8, 4) is 12.3 Å². The fraction of sp³-hybridized carbons (Fsp3) is 0.438. The molecule has 1 N–H and O–H groups in total. The van der Waals surface area contributed by atoms with Gasteiger partial charge in [0.1, 0.15) is 5.82 Å². The minimum Gasteiger partial charge on any atom is -0.388 e. The first-order valence-corrected chi connectivity index (χ1v) is 6.97. The van der Waals surface area contributed by atoms with E-state index in [0.717, 1.165) is 13.1 Å². The third-order valence-corrected chi connectivity index (χ3v) is 3.64. The molecule has 1 aliphatic heterocycles. The zero-order valence-electron chi connectivity index (χ0n) is 11.8. The number of carbonyl (C=O) groups is 1. The molecule has 1 aliphatic rings. The minimum atomic E-state index is -0.975. The lowest BCUT2D eigenvalue weighted by atomic mass is 10.1. The SMILES string of the molecule is C#CCN1CCN(C(=O)CC(O)c2cccc(F)c2)CC1. The molecule has 0 aromatic heterocycles. The number of terminal acetylenes is 1. The van der Waals surface area contributed by atoms with Crippen molar-refractivity contribution in [2.24, 2.45) is 0 Å². The van der Waals surface area contributed by atoms with Crippen LogP contribution in [0.4, 0.5) is 4.39 Å². The molecule has 1 aromatic carbocycles. The Morgan fingerprint density at radius 1 is 1.38 bits per heavy atom. The van der Waals surface area contributed by atoms with Gasteiger partial charge in [-0.05, 0) is 17.7 Å². The highest BCUT2D eigenvalue weighted by molar-refractivity contribution is 5.77. The second-order valence-electron chi connectivity index (χ2n) is 5.14. The second-order valence-corrected chi connectivity index (χ2v) is 5.14. The molecule has 5 heteroatoms. The van der Waals surface area contributed by atoms with Gasteiger partial charge in [-0.25, -0.2) is 4.39 Å². The number of hydrogen-bond donors (Lipinski definition) is 1. The van der Waals surface area contributed by atoms with E-state index in [1.54, 1.807) is 11.0 Å². The molecule has 1 amide bonds. The Hall–Kier alpha value is -1.90. The summed E-state index contributed by atoms with van der Waals surface area (Å²) in [4.78, 5) is 16.0. The van der Waals surface area contributed by atoms with Crippen molar-refractivity contribution in [2.75, 3.05) is 32.7 Å². The van der Waals surface area contributed by atoms with Crippen LogP contribution in [0.5, 0.6) is 0 Å². The number of aliphatic hydroxyl groups is 1. The molecule has 2 rings (SSSR count). The molecule has 1 unspecified atom stereocenters. The molecule has 0 aliphatic carbocycles. The van der Waals surface area contributed by atoms with Crippen molar-refractivity contribution < 1.29 is 14.3 Å². The van der Waals surface area contributed by atoms with Crippen LogP contribution in [0.3, 0.4) is 0 Å². The number of piperazine rings is 1. The fourth-order valence-electron chi connectivity index (χ4n) is 2.41. The number of benzene rings is 1. The first-order chi connectivity index (χ1) is 10.1. The summed E-state index contributed by atoms with van der Waals surface area (Å²) in [5.41, 5.74) is 0.425. The zero-order chi connectivity index (χ0) is 15.2. The average molecular weight is 290 g/mol. The number of amides is 1. The highest BCUT2D eigenvalue weighted by Gasteiger charge is 2.23. The molecule has 4 nitrogen and oxygen atoms in total. The quantitative estimate of drug-likeness (QED) is 0.842. The number of carbonyl (C=O) groups excluding carboxylic acids is 1. The highest BCUT2D eigenvalue weighted by atomic mass is 19.1. The van der Waals surface area contributed by atoms with Crippen molar-refractivity contribution >= 4 is 5.91 Å². The third-order valence-electron chi connectivity index (χ3n) is 3.64. The average Bonchev–Trinajstić information content (AvgIpc) is 2.48. The maximum absolute atomic E-state index is 13.1. The molecule has 21 heavy (non-hydrogen) atoms. The summed E-state index contributed by atoms with van der Waals surface area (Å²) in [7, 11) is 0. The van der Waals surface area contributed by atoms with Crippen LogP contribution >= 0.6 is 0 Å². The molecule has 1 fully saturated rings. The van der Waals surface area contributed by atoms with E-state index < -0.39 is 11.9 Å². The Morgan fingerprint density at radius 3 is 2.71 bits per heavy atom. The third kappa shape index (κ3) is 4.28. The van der Waals surface area contributed by atoms with Crippen molar-refractivity contribution in [3.63, 3.8) is 0 Å². The van der Waals surface area contributed by atoms with Crippen LogP contribution in [0.25, 0.3) is 0 Å². The van der Waals surface area contributed by atoms with Crippen molar-refractivity contribution in [1.29, 1.82) is 0 Å². The normalized spacial score (nSPS) is 17.3. The Bertz CT molecular complexity index is 533. The topological polar surface area (TPSA) is 43.8 Å². The zero-order valence-corrected chi connectivity index (χ0v) is 11.8. The van der Waals surface area contributed by atoms with Crippen LogP contribution in [0.2, 0.25) is 0 Å². The molecule has 1 aromatic rings. The van der Waals surface area contributed by atoms with Crippen LogP contribution in [-0.4, -0.2) is 53.5 Å². The number of hydrogen-bond acceptors (Lipinski definition) is 3. The van der Waals surface area contributed by atoms with Crippen LogP contribution in [0.1, 0.15) is 18.1 Å². The van der Waals surface area contributed by atoms with Gasteiger partial charge in [0, 0.05) is 26.2 Å². The maximum Gasteiger partial charge on any atom is 0.225 e. The molecule has 1 heterocycles. The van der Waals surface area contributed by atoms with Crippen LogP contribution in [0, 0.1) is 18.2 Å². The summed E-state index contributed by atoms with van der Waals surface area (Å²) in [6.07, 6.45) is 4.26. The summed E-state index contributed by atoms with van der Waals surface area (Å²) in [6.45, 7) is 3.29. The van der Waals surface area contributed by atoms with Gasteiger partial charge in [0.2, 0.25) is 5.91 Å². The Kier molecular flexibility index (Phi) is 5.32. The first-order valence-electron chi connectivity index (χ1n) is 6.97. The van der Waals surface area contributed by atoms with Crippen molar-refractivity contribution in [2.45, 2.75) is 12.5 Å². The van der Waals surface area contributed by atoms with Gasteiger partial charge >= 0.3 is 0 Å². The molecular weight excluding hydrogens is 271 g/mol. The predicted molar refractivity (Wildman–Crippen MR) is 77.8 cm³/mol. The summed E-state index contributed by atoms with van der Waals surface area (Å²) < 4.78 is 13.1. The summed E-state index contributed by atoms with van der Waals surface area (Å²) >= 11 is 0. The van der Waals surface area contributed by atoms with Gasteiger partial charge in [-0.1, -0.05) is 18.1 Å². The lowest BCUT2D eigenvalue weighted by Gasteiger charge is -2.34. The lowest BCUT2D eigenvalue weighted by Crippen LogP contribution is -2.48. The van der Waals surface area contributed by atoms with Gasteiger partial charge in [-0.2, -0.15) is 0 Å². The molecule has 1 saturated heterocycles. The van der Waals surface area contributed by atoms with Gasteiger partial charge in [-0.15, -0.1) is 6.42 Å². The maximum atomic E-state index is 13.1. The molecule has 0 spiro atoms. The minimum absolute atomic E-state index is 0.0292. The summed E-state index contributed by atoms with van der Waals surface area (Å²) in [5.74, 6) is 2.05. The number of rotatable bonds is 4. The van der Waals surface area contributed by atoms with Gasteiger partial charge in [0.05, 0.1) is 19.1 Å². The van der Waals surface area contributed by atoms with Crippen LogP contribution in [0.15, 0.2) is 24.3 Å². The first kappa shape index (κ1) is 15.5. The van der Waals surface area contributed by atoms with Crippen LogP contribution in [-0.2, 0) is 4.79 Å². The number of halogens is 1. The van der Waals surface area contributed by atoms with Crippen molar-refractivity contribution in [3.05, 3.63) is 35.6 Å². The smallest absolute Gasteiger partial charge is 0.225 e. The van der Waals surface area contributed by atoms with E-state index in [1.807, 2.05) is 0 Å². The van der Waals surface area contributed by atoms with Gasteiger partial charge in [0.25, 0.3) is 0 Å². The monoisotopic (exact) mass is 290 g/mol. The fourth-order valence-corrected chi connectivity index (χ4v) is 2.41. The largest absolute Gasteiger partial charge is 0.388 e. The van der Waals surface area contributed by atoms with E-state index in [0.29, 0.717) is 25.2 Å². The Balaban J connectivity index is 1.86. The van der Waals surface area contributed by atoms with Gasteiger partial charge in [-0.3, -0.25) is 9.69 Å². The lowest BCUT2D eigenvalue weighted by molar-refractivity contribution is -0.135. The molecule has 0 saturated carbocycles. The van der Waals surface area contributed by atoms with Gasteiger partial charge < -0.3 is 10.0 Å². The van der Waals surface area contributed by atoms with Gasteiger partial charge in [0.15, 0.2) is 0 Å². The molecular formula is C16H19FN2O2. The molecule has 112 valence electrons. The van der Waals surface area contributed by atoms with Crippen molar-refractivity contribution in [1.82, 2.24) is 9.80 Å². The van der Waals surface area contributed by atoms with E-state index >= 15 is 0 Å². The Morgan fingerprint density at radius 2 is 2.10 bits per heavy atom. The Labute approximate surface area is 124 Å². The van der Waals surface area contributed by atoms with E-state index in [9.17, 15) is 14.3 Å². The summed E-state index contributed by atoms with van der Waals surface area (Å²) in [5, 5.41) is 10.0. The highest BCUT2D eigenvalue weighted by Crippen LogP contribution is 2.19. The van der Waals surface area contributed by atoms with E-state index in [-0.39, 0.29) is 12.3 Å². The van der Waals surface area contributed by atoms with E-state index in [4.69, 9.17) is 6.42 Å². The predicted octanol–water partition coefficient (Wildman–Crippen LogP) is 1.03. The molecule has 1 atom stereocenters. The standard InChI is InChI=1S/C16H19FN2O2/c1-2-6-18-7-9-19(10-8-18)16(21)12-15(20)13-4-3-5-14(17)11-13/h1,3-5,11,15,20H,6-10,12H2. The summed E-state index contributed by atoms with van der Waals surface area (Å²) in [6, 6.07) is 5.70. The second kappa shape index (κ2) is 7.21. The van der Waals surface area contributed by atoms with Crippen LogP contribution < -0.4 is 0 Å².